The van der Waals surface area contributed by atoms with E-state index < -0.39 is 11.9 Å². The van der Waals surface area contributed by atoms with Crippen molar-refractivity contribution in [3.05, 3.63) is 71.4 Å². The molecule has 4 aromatic rings. The molecule has 1 unspecified atom stereocenters. The van der Waals surface area contributed by atoms with Crippen molar-refractivity contribution in [2.45, 2.75) is 13.0 Å². The van der Waals surface area contributed by atoms with Crippen LogP contribution in [0.5, 0.6) is 5.88 Å². The van der Waals surface area contributed by atoms with Crippen LogP contribution in [0.4, 0.5) is 10.1 Å². The molecule has 34 heavy (non-hydrogen) atoms. The SMILES string of the molecule is COc1ccc(C(O)c2cc(-c3ncnc4cc(N5CCOCC5)ccc34)c(F)cc2C)nn1. The normalized spacial score (nSPS) is 14.9. The van der Waals surface area contributed by atoms with Gasteiger partial charge in [0, 0.05) is 35.8 Å². The number of hydrogen-bond donors (Lipinski definition) is 1. The highest BCUT2D eigenvalue weighted by molar-refractivity contribution is 5.94. The summed E-state index contributed by atoms with van der Waals surface area (Å²) in [6, 6.07) is 12.2. The average molecular weight is 461 g/mol. The van der Waals surface area contributed by atoms with E-state index in [-0.39, 0.29) is 5.56 Å². The van der Waals surface area contributed by atoms with Gasteiger partial charge >= 0.3 is 0 Å². The number of aryl methyl sites for hydroxylation is 1. The Labute approximate surface area is 196 Å². The summed E-state index contributed by atoms with van der Waals surface area (Å²) in [4.78, 5) is 11.1. The van der Waals surface area contributed by atoms with Crippen LogP contribution >= 0.6 is 0 Å². The van der Waals surface area contributed by atoms with Crippen LogP contribution in [0, 0.1) is 12.7 Å². The first-order valence-electron chi connectivity index (χ1n) is 11.0. The van der Waals surface area contributed by atoms with E-state index in [2.05, 4.69) is 25.1 Å². The highest BCUT2D eigenvalue weighted by Gasteiger charge is 2.21. The van der Waals surface area contributed by atoms with Crippen molar-refractivity contribution in [2.75, 3.05) is 38.3 Å². The lowest BCUT2D eigenvalue weighted by molar-refractivity contribution is 0.122. The molecule has 1 fully saturated rings. The fraction of sp³-hybridized carbons (Fsp3) is 0.280. The molecular weight excluding hydrogens is 437 g/mol. The number of aliphatic hydroxyl groups is 1. The van der Waals surface area contributed by atoms with Gasteiger partial charge in [-0.2, -0.15) is 0 Å². The summed E-state index contributed by atoms with van der Waals surface area (Å²) in [6.07, 6.45) is 0.351. The number of hydrogen-bond acceptors (Lipinski definition) is 8. The summed E-state index contributed by atoms with van der Waals surface area (Å²) in [6.45, 7) is 4.74. The lowest BCUT2D eigenvalue weighted by atomic mass is 9.95. The predicted octanol–water partition coefficient (Wildman–Crippen LogP) is 3.46. The second kappa shape index (κ2) is 9.28. The Kier molecular flexibility index (Phi) is 6.04. The van der Waals surface area contributed by atoms with Crippen molar-refractivity contribution in [3.63, 3.8) is 0 Å². The van der Waals surface area contributed by atoms with Gasteiger partial charge in [-0.1, -0.05) is 0 Å². The first-order valence-corrected chi connectivity index (χ1v) is 11.0. The molecule has 0 spiro atoms. The van der Waals surface area contributed by atoms with Crippen LogP contribution in [0.2, 0.25) is 0 Å². The molecule has 1 saturated heterocycles. The fourth-order valence-electron chi connectivity index (χ4n) is 4.19. The Morgan fingerprint density at radius 3 is 2.62 bits per heavy atom. The van der Waals surface area contributed by atoms with Crippen LogP contribution in [0.3, 0.4) is 0 Å². The van der Waals surface area contributed by atoms with Crippen LogP contribution in [-0.2, 0) is 4.74 Å². The van der Waals surface area contributed by atoms with Gasteiger partial charge in [-0.15, -0.1) is 10.2 Å². The monoisotopic (exact) mass is 461 g/mol. The van der Waals surface area contributed by atoms with Crippen molar-refractivity contribution in [1.29, 1.82) is 0 Å². The zero-order valence-electron chi connectivity index (χ0n) is 18.9. The van der Waals surface area contributed by atoms with Gasteiger partial charge in [-0.25, -0.2) is 14.4 Å². The molecular formula is C25H24FN5O3. The van der Waals surface area contributed by atoms with E-state index in [1.807, 2.05) is 18.2 Å². The van der Waals surface area contributed by atoms with Gasteiger partial charge in [0.05, 0.1) is 37.2 Å². The molecule has 0 radical (unpaired) electrons. The Balaban J connectivity index is 1.55. The summed E-state index contributed by atoms with van der Waals surface area (Å²) >= 11 is 0. The third kappa shape index (κ3) is 4.15. The summed E-state index contributed by atoms with van der Waals surface area (Å²) < 4.78 is 25.6. The second-order valence-corrected chi connectivity index (χ2v) is 8.11. The molecule has 5 rings (SSSR count). The second-order valence-electron chi connectivity index (χ2n) is 8.11. The third-order valence-electron chi connectivity index (χ3n) is 6.05. The summed E-state index contributed by atoms with van der Waals surface area (Å²) in [7, 11) is 1.49. The Morgan fingerprint density at radius 2 is 1.88 bits per heavy atom. The minimum absolute atomic E-state index is 0.285. The maximum atomic E-state index is 15.2. The Morgan fingerprint density at radius 1 is 1.06 bits per heavy atom. The van der Waals surface area contributed by atoms with Gasteiger partial charge in [0.1, 0.15) is 18.2 Å². The first-order chi connectivity index (χ1) is 16.5. The minimum Gasteiger partial charge on any atom is -0.480 e. The van der Waals surface area contributed by atoms with E-state index in [0.717, 1.165) is 29.7 Å². The number of anilines is 1. The molecule has 0 bridgehead atoms. The van der Waals surface area contributed by atoms with E-state index >= 15 is 4.39 Å². The fourth-order valence-corrected chi connectivity index (χ4v) is 4.19. The number of halogens is 1. The van der Waals surface area contributed by atoms with Crippen molar-refractivity contribution < 1.29 is 19.0 Å². The summed E-state index contributed by atoms with van der Waals surface area (Å²) in [5.41, 5.74) is 3.96. The Hall–Kier alpha value is -3.69. The average Bonchev–Trinajstić information content (AvgIpc) is 2.88. The van der Waals surface area contributed by atoms with Gasteiger partial charge in [0.15, 0.2) is 0 Å². The number of fused-ring (bicyclic) bond motifs is 1. The summed E-state index contributed by atoms with van der Waals surface area (Å²) in [5, 5.41) is 19.7. The topological polar surface area (TPSA) is 93.5 Å². The molecule has 2 aromatic heterocycles. The van der Waals surface area contributed by atoms with Crippen molar-refractivity contribution in [2.24, 2.45) is 0 Å². The van der Waals surface area contributed by atoms with E-state index in [1.54, 1.807) is 25.1 Å². The number of ether oxygens (including phenoxy) is 2. The molecule has 1 aliphatic heterocycles. The Bertz CT molecular complexity index is 1330. The van der Waals surface area contributed by atoms with Crippen LogP contribution in [0.25, 0.3) is 22.2 Å². The highest BCUT2D eigenvalue weighted by Crippen LogP contribution is 2.34. The van der Waals surface area contributed by atoms with Gasteiger partial charge in [0.25, 0.3) is 0 Å². The molecule has 1 aliphatic rings. The van der Waals surface area contributed by atoms with Crippen LogP contribution in [0.1, 0.15) is 22.9 Å². The molecule has 9 heteroatoms. The lowest BCUT2D eigenvalue weighted by Gasteiger charge is -2.29. The minimum atomic E-state index is -1.08. The van der Waals surface area contributed by atoms with E-state index in [1.165, 1.54) is 19.5 Å². The maximum absolute atomic E-state index is 15.2. The molecule has 2 aromatic carbocycles. The van der Waals surface area contributed by atoms with Crippen LogP contribution in [0.15, 0.2) is 48.8 Å². The molecule has 8 nitrogen and oxygen atoms in total. The number of nitrogens with zero attached hydrogens (tertiary/aromatic N) is 5. The van der Waals surface area contributed by atoms with Gasteiger partial charge in [-0.3, -0.25) is 0 Å². The molecule has 0 aliphatic carbocycles. The molecule has 0 amide bonds. The van der Waals surface area contributed by atoms with Gasteiger partial charge in [-0.05, 0) is 54.4 Å². The third-order valence-corrected chi connectivity index (χ3v) is 6.05. The highest BCUT2D eigenvalue weighted by atomic mass is 19.1. The number of aliphatic hydroxyl groups excluding tert-OH is 1. The van der Waals surface area contributed by atoms with E-state index in [9.17, 15) is 5.11 Å². The largest absolute Gasteiger partial charge is 0.480 e. The first kappa shape index (κ1) is 22.1. The number of methoxy groups -OCH3 is 1. The quantitative estimate of drug-likeness (QED) is 0.483. The van der Waals surface area contributed by atoms with Gasteiger partial charge < -0.3 is 19.5 Å². The van der Waals surface area contributed by atoms with Crippen molar-refractivity contribution in [3.8, 4) is 17.1 Å². The van der Waals surface area contributed by atoms with Crippen molar-refractivity contribution in [1.82, 2.24) is 20.2 Å². The van der Waals surface area contributed by atoms with E-state index in [0.29, 0.717) is 41.6 Å². The molecule has 1 N–H and O–H groups in total. The molecule has 0 saturated carbocycles. The number of morpholine rings is 1. The standard InChI is InChI=1S/C25H24FN5O3/c1-15-11-20(26)19(13-18(15)25(32)21-5-6-23(33-2)30-29-21)24-17-4-3-16(12-22(17)27-14-28-24)31-7-9-34-10-8-31/h3-6,11-14,25,32H,7-10H2,1-2H3. The van der Waals surface area contributed by atoms with Crippen LogP contribution < -0.4 is 9.64 Å². The zero-order valence-corrected chi connectivity index (χ0v) is 18.9. The smallest absolute Gasteiger partial charge is 0.233 e. The van der Waals surface area contributed by atoms with Gasteiger partial charge in [0.2, 0.25) is 5.88 Å². The molecule has 174 valence electrons. The van der Waals surface area contributed by atoms with Crippen LogP contribution in [-0.4, -0.2) is 58.7 Å². The van der Waals surface area contributed by atoms with E-state index in [4.69, 9.17) is 9.47 Å². The number of rotatable bonds is 5. The molecule has 1 atom stereocenters. The number of aromatic nitrogens is 4. The molecule has 3 heterocycles. The predicted molar refractivity (Wildman–Crippen MR) is 125 cm³/mol. The van der Waals surface area contributed by atoms with Crippen molar-refractivity contribution >= 4 is 16.6 Å². The zero-order chi connectivity index (χ0) is 23.7. The summed E-state index contributed by atoms with van der Waals surface area (Å²) in [5.74, 6) is -0.0807. The lowest BCUT2D eigenvalue weighted by Crippen LogP contribution is -2.36. The number of benzene rings is 2. The maximum Gasteiger partial charge on any atom is 0.233 e.